The third-order valence-corrected chi connectivity index (χ3v) is 2.90. The Balaban J connectivity index is 2.60. The Bertz CT molecular complexity index is 641. The van der Waals surface area contributed by atoms with Crippen molar-refractivity contribution in [2.75, 3.05) is 5.73 Å². The molecule has 2 heterocycles. The van der Waals surface area contributed by atoms with Crippen LogP contribution in [0, 0.1) is 0 Å². The van der Waals surface area contributed by atoms with Crippen molar-refractivity contribution in [1.82, 2.24) is 9.55 Å². The molecule has 2 aromatic heterocycles. The van der Waals surface area contributed by atoms with Crippen molar-refractivity contribution in [3.8, 4) is 5.75 Å². The second-order valence-corrected chi connectivity index (χ2v) is 3.89. The zero-order chi connectivity index (χ0) is 11.3. The van der Waals surface area contributed by atoms with Gasteiger partial charge in [0, 0.05) is 23.3 Å². The van der Waals surface area contributed by atoms with Crippen LogP contribution in [-0.2, 0) is 7.05 Å². The number of phenols is 1. The highest BCUT2D eigenvalue weighted by Crippen LogP contribution is 2.30. The monoisotopic (exact) mass is 213 g/mol. The molecular weight excluding hydrogens is 202 g/mol. The summed E-state index contributed by atoms with van der Waals surface area (Å²) < 4.78 is 2.04. The van der Waals surface area contributed by atoms with Crippen LogP contribution in [-0.4, -0.2) is 14.7 Å². The third kappa shape index (κ3) is 1.07. The molecule has 1 aromatic carbocycles. The van der Waals surface area contributed by atoms with Crippen LogP contribution >= 0.6 is 0 Å². The molecule has 0 unspecified atom stereocenters. The second kappa shape index (κ2) is 2.88. The van der Waals surface area contributed by atoms with Crippen LogP contribution in [0.15, 0.2) is 30.5 Å². The number of fused-ring (bicyclic) bond motifs is 3. The number of phenolic OH excluding ortho intramolecular Hbond substituents is 1. The molecule has 16 heavy (non-hydrogen) atoms. The van der Waals surface area contributed by atoms with E-state index in [2.05, 4.69) is 4.98 Å². The number of benzene rings is 1. The normalized spacial score (nSPS) is 11.3. The van der Waals surface area contributed by atoms with E-state index in [0.29, 0.717) is 5.82 Å². The Hall–Kier alpha value is -2.23. The molecule has 0 atom stereocenters. The van der Waals surface area contributed by atoms with Crippen molar-refractivity contribution in [2.45, 2.75) is 0 Å². The van der Waals surface area contributed by atoms with Gasteiger partial charge < -0.3 is 15.4 Å². The molecule has 0 aliphatic heterocycles. The van der Waals surface area contributed by atoms with E-state index in [4.69, 9.17) is 5.73 Å². The first-order valence-corrected chi connectivity index (χ1v) is 4.99. The highest BCUT2D eigenvalue weighted by atomic mass is 16.3. The second-order valence-electron chi connectivity index (χ2n) is 3.89. The van der Waals surface area contributed by atoms with Gasteiger partial charge in [0.2, 0.25) is 0 Å². The van der Waals surface area contributed by atoms with E-state index >= 15 is 0 Å². The van der Waals surface area contributed by atoms with E-state index in [9.17, 15) is 5.11 Å². The van der Waals surface area contributed by atoms with E-state index in [1.54, 1.807) is 18.3 Å². The van der Waals surface area contributed by atoms with Gasteiger partial charge in [0.05, 0.1) is 11.7 Å². The first-order valence-electron chi connectivity index (χ1n) is 4.99. The summed E-state index contributed by atoms with van der Waals surface area (Å²) in [5.41, 5.74) is 7.74. The van der Waals surface area contributed by atoms with Gasteiger partial charge in [-0.1, -0.05) is 0 Å². The molecule has 0 aliphatic carbocycles. The lowest BCUT2D eigenvalue weighted by Crippen LogP contribution is -1.90. The van der Waals surface area contributed by atoms with Gasteiger partial charge in [-0.2, -0.15) is 0 Å². The Labute approximate surface area is 91.9 Å². The minimum absolute atomic E-state index is 0.260. The molecule has 0 saturated carbocycles. The molecule has 0 radical (unpaired) electrons. The molecule has 0 saturated heterocycles. The average molecular weight is 213 g/mol. The fourth-order valence-electron chi connectivity index (χ4n) is 2.11. The first kappa shape index (κ1) is 9.03. The van der Waals surface area contributed by atoms with Crippen molar-refractivity contribution < 1.29 is 5.11 Å². The van der Waals surface area contributed by atoms with Gasteiger partial charge in [-0.15, -0.1) is 0 Å². The summed E-state index contributed by atoms with van der Waals surface area (Å²) in [6, 6.07) is 7.15. The average Bonchev–Trinajstić information content (AvgIpc) is 2.52. The summed E-state index contributed by atoms with van der Waals surface area (Å²) in [5.74, 6) is 0.749. The van der Waals surface area contributed by atoms with Crippen LogP contribution < -0.4 is 5.73 Å². The predicted octanol–water partition coefficient (Wildman–Crippen LogP) is 2.01. The predicted molar refractivity (Wildman–Crippen MR) is 64.3 cm³/mol. The maximum Gasteiger partial charge on any atom is 0.124 e. The van der Waals surface area contributed by atoms with Crippen molar-refractivity contribution in [3.05, 3.63) is 30.5 Å². The summed E-state index contributed by atoms with van der Waals surface area (Å²) >= 11 is 0. The van der Waals surface area contributed by atoms with Crippen LogP contribution in [0.2, 0.25) is 0 Å². The lowest BCUT2D eigenvalue weighted by atomic mass is 10.2. The number of pyridine rings is 1. The lowest BCUT2D eigenvalue weighted by molar-refractivity contribution is 0.476. The van der Waals surface area contributed by atoms with Gasteiger partial charge in [0.1, 0.15) is 11.6 Å². The van der Waals surface area contributed by atoms with E-state index in [0.717, 1.165) is 21.8 Å². The number of aryl methyl sites for hydroxylation is 1. The first-order chi connectivity index (χ1) is 7.66. The summed E-state index contributed by atoms with van der Waals surface area (Å²) in [6.45, 7) is 0. The number of nitrogens with zero attached hydrogens (tertiary/aromatic N) is 2. The number of aromatic nitrogens is 2. The van der Waals surface area contributed by atoms with Gasteiger partial charge in [-0.05, 0) is 24.3 Å². The molecule has 0 fully saturated rings. The Morgan fingerprint density at radius 2 is 1.94 bits per heavy atom. The molecule has 3 N–H and O–H groups in total. The number of nitrogen functional groups attached to an aromatic ring is 1. The quantitative estimate of drug-likeness (QED) is 0.600. The van der Waals surface area contributed by atoms with Crippen LogP contribution in [0.3, 0.4) is 0 Å². The van der Waals surface area contributed by atoms with Gasteiger partial charge in [0.25, 0.3) is 0 Å². The molecule has 0 bridgehead atoms. The summed E-state index contributed by atoms with van der Waals surface area (Å²) in [7, 11) is 1.97. The van der Waals surface area contributed by atoms with E-state index < -0.39 is 0 Å². The minimum Gasteiger partial charge on any atom is -0.508 e. The summed E-state index contributed by atoms with van der Waals surface area (Å²) in [5, 5.41) is 11.5. The SMILES string of the molecule is Cn1c2ccc(O)cc2c2cc(N)ncc21. The molecule has 4 nitrogen and oxygen atoms in total. The van der Waals surface area contributed by atoms with Gasteiger partial charge in [-0.25, -0.2) is 4.98 Å². The Morgan fingerprint density at radius 1 is 1.19 bits per heavy atom. The molecule has 3 rings (SSSR count). The van der Waals surface area contributed by atoms with Gasteiger partial charge in [0.15, 0.2) is 0 Å². The van der Waals surface area contributed by atoms with E-state index in [-0.39, 0.29) is 5.75 Å². The molecule has 80 valence electrons. The molecule has 0 aliphatic rings. The van der Waals surface area contributed by atoms with E-state index in [1.165, 1.54) is 0 Å². The fraction of sp³-hybridized carbons (Fsp3) is 0.0833. The number of hydrogen-bond acceptors (Lipinski definition) is 3. The zero-order valence-corrected chi connectivity index (χ0v) is 8.81. The third-order valence-electron chi connectivity index (χ3n) is 2.90. The molecule has 4 heteroatoms. The van der Waals surface area contributed by atoms with Crippen molar-refractivity contribution >= 4 is 27.6 Å². The van der Waals surface area contributed by atoms with Gasteiger partial charge in [-0.3, -0.25) is 0 Å². The zero-order valence-electron chi connectivity index (χ0n) is 8.81. The topological polar surface area (TPSA) is 64.1 Å². The largest absolute Gasteiger partial charge is 0.508 e. The minimum atomic E-state index is 0.260. The van der Waals surface area contributed by atoms with Crippen molar-refractivity contribution in [2.24, 2.45) is 7.05 Å². The maximum absolute atomic E-state index is 9.51. The summed E-state index contributed by atoms with van der Waals surface area (Å²) in [6.07, 6.45) is 1.75. The van der Waals surface area contributed by atoms with Gasteiger partial charge >= 0.3 is 0 Å². The maximum atomic E-state index is 9.51. The number of hydrogen-bond donors (Lipinski definition) is 2. The molecule has 3 aromatic rings. The van der Waals surface area contributed by atoms with Crippen LogP contribution in [0.4, 0.5) is 5.82 Å². The Morgan fingerprint density at radius 3 is 2.75 bits per heavy atom. The summed E-state index contributed by atoms with van der Waals surface area (Å²) in [4.78, 5) is 4.08. The van der Waals surface area contributed by atoms with Crippen LogP contribution in [0.1, 0.15) is 0 Å². The smallest absolute Gasteiger partial charge is 0.124 e. The van der Waals surface area contributed by atoms with Crippen LogP contribution in [0.5, 0.6) is 5.75 Å². The molecule has 0 amide bonds. The Kier molecular flexibility index (Phi) is 1.63. The van der Waals surface area contributed by atoms with Crippen molar-refractivity contribution in [1.29, 1.82) is 0 Å². The molecule has 0 spiro atoms. The number of rotatable bonds is 0. The van der Waals surface area contributed by atoms with Crippen molar-refractivity contribution in [3.63, 3.8) is 0 Å². The number of nitrogens with two attached hydrogens (primary N) is 1. The highest BCUT2D eigenvalue weighted by molar-refractivity contribution is 6.08. The lowest BCUT2D eigenvalue weighted by Gasteiger charge is -1.97. The standard InChI is InChI=1S/C12H11N3O/c1-15-10-3-2-7(16)4-8(10)9-5-12(13)14-6-11(9)15/h2-6,16H,1H3,(H2,13,14). The molecular formula is C12H11N3O. The van der Waals surface area contributed by atoms with E-state index in [1.807, 2.05) is 23.7 Å². The highest BCUT2D eigenvalue weighted by Gasteiger charge is 2.09. The number of aromatic hydroxyl groups is 1. The number of anilines is 1. The fourth-order valence-corrected chi connectivity index (χ4v) is 2.11. The van der Waals surface area contributed by atoms with Crippen LogP contribution in [0.25, 0.3) is 21.8 Å².